The van der Waals surface area contributed by atoms with Crippen molar-refractivity contribution in [3.8, 4) is 11.8 Å². The molecule has 11 heteroatoms. The molecule has 2 aliphatic carbocycles. The summed E-state index contributed by atoms with van der Waals surface area (Å²) in [6, 6.07) is 10.4. The molecular weight excluding hydrogens is 533 g/mol. The van der Waals surface area contributed by atoms with Crippen LogP contribution in [0.5, 0.6) is 0 Å². The lowest BCUT2D eigenvalue weighted by atomic mass is 9.76. The number of aromatic nitrogens is 3. The number of benzene rings is 2. The van der Waals surface area contributed by atoms with E-state index in [9.17, 15) is 18.0 Å². The number of carbonyl (C=O) groups excluding carboxylic acids is 1. The van der Waals surface area contributed by atoms with Gasteiger partial charge in [0.1, 0.15) is 6.61 Å². The first-order chi connectivity index (χ1) is 19.6. The maximum Gasteiger partial charge on any atom is 0.416 e. The standard InChI is InChI=1S/C30H32F3N6O2/c1-29(7-4-8-29)35-15-19-11-23-24(25(12-19)30(31,32)33)16-38(28(23)40)26-6-3-5-22(20-13-21(14-20)41-10-9-34)27(26)39-18-37(2)17-36-39/h3,5-6,11-12,17-18,20-21,35H,4,7-8,10,13-16H2,1-2H3/q+1. The molecule has 1 aliphatic heterocycles. The van der Waals surface area contributed by atoms with Crippen molar-refractivity contribution in [3.05, 3.63) is 70.8 Å². The van der Waals surface area contributed by atoms with Crippen molar-refractivity contribution in [2.75, 3.05) is 11.5 Å². The number of fused-ring (bicyclic) bond motifs is 1. The Kier molecular flexibility index (Phi) is 6.86. The van der Waals surface area contributed by atoms with Crippen LogP contribution in [0.15, 0.2) is 43.0 Å². The van der Waals surface area contributed by atoms with E-state index in [1.807, 2.05) is 25.2 Å². The number of nitrogens with one attached hydrogen (secondary N) is 1. The van der Waals surface area contributed by atoms with Crippen LogP contribution in [0.2, 0.25) is 0 Å². The second kappa shape index (κ2) is 10.3. The van der Waals surface area contributed by atoms with E-state index in [0.29, 0.717) is 29.8 Å². The third-order valence-electron chi connectivity index (χ3n) is 8.72. The minimum Gasteiger partial charge on any atom is -0.363 e. The summed E-state index contributed by atoms with van der Waals surface area (Å²) in [6.07, 6.45) is 3.22. The first kappa shape index (κ1) is 27.4. The summed E-state index contributed by atoms with van der Waals surface area (Å²) in [7, 11) is 1.83. The number of aryl methyl sites for hydroxylation is 1. The highest BCUT2D eigenvalue weighted by Gasteiger charge is 2.43. The number of alkyl halides is 3. The number of rotatable bonds is 8. The molecule has 0 spiro atoms. The Bertz CT molecular complexity index is 1530. The van der Waals surface area contributed by atoms with Gasteiger partial charge < -0.3 is 15.0 Å². The lowest BCUT2D eigenvalue weighted by Gasteiger charge is -2.39. The summed E-state index contributed by atoms with van der Waals surface area (Å²) in [5, 5.41) is 16.7. The summed E-state index contributed by atoms with van der Waals surface area (Å²) in [5.41, 5.74) is 1.79. The van der Waals surface area contributed by atoms with Crippen molar-refractivity contribution in [3.63, 3.8) is 0 Å². The number of hydrogen-bond donors (Lipinski definition) is 1. The van der Waals surface area contributed by atoms with Crippen molar-refractivity contribution >= 4 is 11.6 Å². The zero-order valence-electron chi connectivity index (χ0n) is 23.0. The fourth-order valence-corrected chi connectivity index (χ4v) is 6.16. The number of nitrogens with zero attached hydrogens (tertiary/aromatic N) is 5. The minimum atomic E-state index is -4.60. The molecule has 0 saturated heterocycles. The van der Waals surface area contributed by atoms with Gasteiger partial charge in [-0.3, -0.25) is 4.79 Å². The zero-order valence-corrected chi connectivity index (χ0v) is 23.0. The summed E-state index contributed by atoms with van der Waals surface area (Å²) in [4.78, 5) is 15.3. The molecule has 8 nitrogen and oxygen atoms in total. The van der Waals surface area contributed by atoms with Crippen LogP contribution < -0.4 is 14.8 Å². The van der Waals surface area contributed by atoms with Crippen LogP contribution in [-0.2, 0) is 31.1 Å². The molecule has 1 aromatic heterocycles. The number of para-hydroxylation sites is 1. The van der Waals surface area contributed by atoms with Gasteiger partial charge in [0.05, 0.1) is 37.0 Å². The molecule has 2 fully saturated rings. The van der Waals surface area contributed by atoms with E-state index in [1.54, 1.807) is 34.0 Å². The number of amides is 1. The molecule has 0 unspecified atom stereocenters. The Morgan fingerprint density at radius 2 is 2.05 bits per heavy atom. The smallest absolute Gasteiger partial charge is 0.363 e. The highest BCUT2D eigenvalue weighted by Crippen LogP contribution is 2.46. The first-order valence-electron chi connectivity index (χ1n) is 13.9. The monoisotopic (exact) mass is 565 g/mol. The van der Waals surface area contributed by atoms with Gasteiger partial charge in [-0.1, -0.05) is 16.8 Å². The van der Waals surface area contributed by atoms with E-state index in [1.165, 1.54) is 11.0 Å². The number of carbonyl (C=O) groups is 1. The normalized spacial score (nSPS) is 21.3. The fourth-order valence-electron chi connectivity index (χ4n) is 6.16. The molecule has 6 rings (SSSR count). The average molecular weight is 566 g/mol. The van der Waals surface area contributed by atoms with E-state index in [4.69, 9.17) is 10.00 Å². The molecular formula is C30H32F3N6O2+. The van der Waals surface area contributed by atoms with Crippen LogP contribution in [0.4, 0.5) is 18.9 Å². The summed E-state index contributed by atoms with van der Waals surface area (Å²) in [6.45, 7) is 2.18. The third-order valence-corrected chi connectivity index (χ3v) is 8.72. The third kappa shape index (κ3) is 5.11. The van der Waals surface area contributed by atoms with E-state index < -0.39 is 17.6 Å². The lowest BCUT2D eigenvalue weighted by molar-refractivity contribution is -0.672. The molecule has 3 aromatic rings. The summed E-state index contributed by atoms with van der Waals surface area (Å²) >= 11 is 0. The predicted octanol–water partition coefficient (Wildman–Crippen LogP) is 4.69. The molecule has 1 amide bonds. The molecule has 2 aromatic carbocycles. The molecule has 41 heavy (non-hydrogen) atoms. The van der Waals surface area contributed by atoms with Crippen LogP contribution in [-0.4, -0.2) is 33.9 Å². The SMILES string of the molecule is C[n+]1cnn(-c2c(C3CC(OCC#N)C3)cccc2N2Cc3c(cc(CNC4(C)CCC4)cc3C(F)(F)F)C2=O)c1. The lowest BCUT2D eigenvalue weighted by Crippen LogP contribution is -2.47. The van der Waals surface area contributed by atoms with Gasteiger partial charge in [0.2, 0.25) is 6.33 Å². The van der Waals surface area contributed by atoms with Crippen molar-refractivity contribution in [2.45, 2.75) is 75.9 Å². The summed E-state index contributed by atoms with van der Waals surface area (Å²) < 4.78 is 52.0. The van der Waals surface area contributed by atoms with Crippen LogP contribution in [0.25, 0.3) is 5.69 Å². The van der Waals surface area contributed by atoms with Gasteiger partial charge >= 0.3 is 6.18 Å². The first-order valence-corrected chi connectivity index (χ1v) is 13.9. The van der Waals surface area contributed by atoms with E-state index in [0.717, 1.165) is 24.8 Å². The Morgan fingerprint density at radius 1 is 1.27 bits per heavy atom. The topological polar surface area (TPSA) is 87.1 Å². The van der Waals surface area contributed by atoms with Gasteiger partial charge in [0, 0.05) is 28.3 Å². The summed E-state index contributed by atoms with van der Waals surface area (Å²) in [5.74, 6) is -0.361. The Labute approximate surface area is 236 Å². The van der Waals surface area contributed by atoms with E-state index in [-0.39, 0.29) is 48.4 Å². The zero-order chi connectivity index (χ0) is 28.9. The minimum absolute atomic E-state index is 0.00269. The van der Waals surface area contributed by atoms with Crippen molar-refractivity contribution in [1.82, 2.24) is 15.1 Å². The molecule has 0 bridgehead atoms. The number of halogens is 3. The molecule has 0 atom stereocenters. The number of ether oxygens (including phenoxy) is 1. The van der Waals surface area contributed by atoms with Crippen LogP contribution in [0.1, 0.15) is 77.6 Å². The molecule has 2 saturated carbocycles. The average Bonchev–Trinajstić information content (AvgIpc) is 3.47. The van der Waals surface area contributed by atoms with Gasteiger partial charge in [-0.2, -0.15) is 18.4 Å². The van der Waals surface area contributed by atoms with Crippen LogP contribution in [0, 0.1) is 11.3 Å². The van der Waals surface area contributed by atoms with Crippen molar-refractivity contribution < 1.29 is 27.3 Å². The molecule has 2 heterocycles. The Balaban J connectivity index is 1.37. The maximum absolute atomic E-state index is 14.3. The van der Waals surface area contributed by atoms with E-state index >= 15 is 0 Å². The van der Waals surface area contributed by atoms with E-state index in [2.05, 4.69) is 17.3 Å². The highest BCUT2D eigenvalue weighted by atomic mass is 19.4. The second-order valence-corrected chi connectivity index (χ2v) is 11.7. The van der Waals surface area contributed by atoms with Gasteiger partial charge in [-0.05, 0) is 74.3 Å². The maximum atomic E-state index is 14.3. The largest absolute Gasteiger partial charge is 0.416 e. The van der Waals surface area contributed by atoms with Crippen LogP contribution >= 0.6 is 0 Å². The van der Waals surface area contributed by atoms with Gasteiger partial charge in [-0.15, -0.1) is 0 Å². The predicted molar refractivity (Wildman–Crippen MR) is 143 cm³/mol. The van der Waals surface area contributed by atoms with Crippen LogP contribution in [0.3, 0.4) is 0 Å². The van der Waals surface area contributed by atoms with Gasteiger partial charge in [0.15, 0.2) is 5.69 Å². The number of anilines is 1. The molecule has 0 radical (unpaired) electrons. The van der Waals surface area contributed by atoms with Crippen molar-refractivity contribution in [2.24, 2.45) is 7.05 Å². The van der Waals surface area contributed by atoms with Gasteiger partial charge in [-0.25, -0.2) is 4.57 Å². The molecule has 214 valence electrons. The molecule has 1 N–H and O–H groups in total. The Hall–Kier alpha value is -3.75. The number of nitriles is 1. The fraction of sp³-hybridized carbons (Fsp3) is 0.467. The highest BCUT2D eigenvalue weighted by molar-refractivity contribution is 6.11. The van der Waals surface area contributed by atoms with Crippen molar-refractivity contribution in [1.29, 1.82) is 5.26 Å². The quantitative estimate of drug-likeness (QED) is 0.401. The second-order valence-electron chi connectivity index (χ2n) is 11.7. The molecule has 3 aliphatic rings. The Morgan fingerprint density at radius 3 is 2.68 bits per heavy atom. The number of hydrogen-bond acceptors (Lipinski definition) is 5. The van der Waals surface area contributed by atoms with Gasteiger partial charge in [0.25, 0.3) is 12.2 Å².